The maximum atomic E-state index is 12.5. The predicted octanol–water partition coefficient (Wildman–Crippen LogP) is 2.07. The molecule has 0 fully saturated rings. The van der Waals surface area contributed by atoms with E-state index in [1.807, 2.05) is 0 Å². The molecule has 0 saturated heterocycles. The number of halogens is 3. The number of quaternary nitrogens is 1. The maximum absolute atomic E-state index is 12.5. The van der Waals surface area contributed by atoms with Gasteiger partial charge in [0.05, 0.1) is 12.3 Å². The van der Waals surface area contributed by atoms with Crippen molar-refractivity contribution in [1.82, 2.24) is 0 Å². The lowest BCUT2D eigenvalue weighted by Gasteiger charge is -2.10. The average molecular weight is 335 g/mol. The van der Waals surface area contributed by atoms with Crippen molar-refractivity contribution < 1.29 is 38.2 Å². The number of alkyl halides is 3. The van der Waals surface area contributed by atoms with Crippen LogP contribution >= 0.6 is 0 Å². The minimum Gasteiger partial charge on any atom is -0.595 e. The quantitative estimate of drug-likeness (QED) is 0.250. The Morgan fingerprint density at radius 1 is 1.35 bits per heavy atom. The first-order valence-electron chi connectivity index (χ1n) is 6.09. The number of aliphatic hydroxyl groups is 1. The number of nitrogens with one attached hydrogen (secondary N) is 1. The van der Waals surface area contributed by atoms with Gasteiger partial charge in [0.2, 0.25) is 11.5 Å². The number of ether oxygens (including phenoxy) is 1. The van der Waals surface area contributed by atoms with E-state index in [0.717, 1.165) is 12.1 Å². The summed E-state index contributed by atoms with van der Waals surface area (Å²) in [4.78, 5) is 11.4. The first-order valence-corrected chi connectivity index (χ1v) is 6.09. The number of benzene rings is 1. The van der Waals surface area contributed by atoms with Crippen LogP contribution in [-0.4, -0.2) is 29.1 Å². The van der Waals surface area contributed by atoms with E-state index in [9.17, 15) is 23.2 Å². The zero-order chi connectivity index (χ0) is 17.6. The molecular formula is C12H12F3N3O5. The lowest BCUT2D eigenvalue weighted by atomic mass is 10.3. The van der Waals surface area contributed by atoms with Crippen molar-refractivity contribution in [2.45, 2.75) is 13.1 Å². The average Bonchev–Trinajstić information content (AvgIpc) is 2.47. The van der Waals surface area contributed by atoms with Gasteiger partial charge in [0, 0.05) is 12.1 Å². The second kappa shape index (κ2) is 7.67. The molecule has 126 valence electrons. The highest BCUT2D eigenvalue weighted by atomic mass is 19.4. The number of hydrogen-bond donors (Lipinski definition) is 3. The summed E-state index contributed by atoms with van der Waals surface area (Å²) in [6.45, 7) is 1.14. The number of carbonyl (C=O) groups is 1. The van der Waals surface area contributed by atoms with Crippen molar-refractivity contribution in [2.24, 2.45) is 10.2 Å². The highest BCUT2D eigenvalue weighted by Gasteiger charge is 2.39. The van der Waals surface area contributed by atoms with Crippen molar-refractivity contribution >= 4 is 17.3 Å². The third-order valence-corrected chi connectivity index (χ3v) is 2.34. The van der Waals surface area contributed by atoms with Gasteiger partial charge in [-0.2, -0.15) is 23.5 Å². The Balaban J connectivity index is 3.12. The fourth-order valence-corrected chi connectivity index (χ4v) is 1.30. The summed E-state index contributed by atoms with van der Waals surface area (Å²) in [5, 5.41) is 33.7. The van der Waals surface area contributed by atoms with Crippen LogP contribution < -0.4 is 5.23 Å². The Bertz CT molecular complexity index is 611. The van der Waals surface area contributed by atoms with Gasteiger partial charge in [-0.25, -0.2) is 10.0 Å². The number of rotatable bonds is 5. The van der Waals surface area contributed by atoms with Gasteiger partial charge < -0.3 is 15.1 Å². The molecule has 23 heavy (non-hydrogen) atoms. The predicted molar refractivity (Wildman–Crippen MR) is 69.1 cm³/mol. The molecule has 0 bridgehead atoms. The van der Waals surface area contributed by atoms with Crippen LogP contribution in [0.3, 0.4) is 0 Å². The summed E-state index contributed by atoms with van der Waals surface area (Å²) >= 11 is 0. The SMILES string of the molecule is CCOC(=O)C(N=Nc1ccc([NH+]([O-])O)cc1)=C(O)C(F)(F)F. The first kappa shape index (κ1) is 18.5. The molecule has 0 spiro atoms. The van der Waals surface area contributed by atoms with E-state index in [0.29, 0.717) is 0 Å². The molecule has 1 atom stereocenters. The van der Waals surface area contributed by atoms with Crippen LogP contribution in [0.4, 0.5) is 24.5 Å². The number of nitrogens with zero attached hydrogens (tertiary/aromatic N) is 2. The van der Waals surface area contributed by atoms with Crippen molar-refractivity contribution in [1.29, 1.82) is 0 Å². The Labute approximate surface area is 127 Å². The second-order valence-corrected chi connectivity index (χ2v) is 3.97. The molecule has 0 aromatic heterocycles. The molecule has 0 radical (unpaired) electrons. The molecule has 11 heteroatoms. The van der Waals surface area contributed by atoms with Crippen molar-refractivity contribution in [3.05, 3.63) is 40.9 Å². The van der Waals surface area contributed by atoms with Gasteiger partial charge in [0.15, 0.2) is 5.69 Å². The zero-order valence-corrected chi connectivity index (χ0v) is 11.7. The van der Waals surface area contributed by atoms with Gasteiger partial charge in [-0.1, -0.05) is 0 Å². The lowest BCUT2D eigenvalue weighted by molar-refractivity contribution is -0.991. The van der Waals surface area contributed by atoms with Crippen LogP contribution in [0.15, 0.2) is 46.0 Å². The number of hydrogen-bond acceptors (Lipinski definition) is 7. The normalized spacial score (nSPS) is 14.5. The van der Waals surface area contributed by atoms with Crippen LogP contribution in [0.5, 0.6) is 0 Å². The molecule has 0 amide bonds. The monoisotopic (exact) mass is 335 g/mol. The molecule has 1 unspecified atom stereocenters. The summed E-state index contributed by atoms with van der Waals surface area (Å²) in [7, 11) is 0. The van der Waals surface area contributed by atoms with E-state index in [4.69, 9.17) is 10.3 Å². The zero-order valence-electron chi connectivity index (χ0n) is 11.7. The van der Waals surface area contributed by atoms with E-state index in [-0.39, 0.29) is 18.0 Å². The highest BCUT2D eigenvalue weighted by Crippen LogP contribution is 2.28. The van der Waals surface area contributed by atoms with E-state index < -0.39 is 28.8 Å². The molecule has 0 saturated carbocycles. The van der Waals surface area contributed by atoms with E-state index in [1.165, 1.54) is 19.1 Å². The third kappa shape index (κ3) is 5.32. The Morgan fingerprint density at radius 2 is 1.91 bits per heavy atom. The second-order valence-electron chi connectivity index (χ2n) is 3.97. The molecule has 0 aliphatic rings. The van der Waals surface area contributed by atoms with E-state index >= 15 is 0 Å². The summed E-state index contributed by atoms with van der Waals surface area (Å²) in [6, 6.07) is 4.63. The number of esters is 1. The van der Waals surface area contributed by atoms with Crippen LogP contribution in [0, 0.1) is 5.21 Å². The smallest absolute Gasteiger partial charge is 0.451 e. The number of azo groups is 1. The van der Waals surface area contributed by atoms with Gasteiger partial charge in [-0.05, 0) is 19.1 Å². The molecular weight excluding hydrogens is 323 g/mol. The fraction of sp³-hybridized carbons (Fsp3) is 0.250. The van der Waals surface area contributed by atoms with Crippen LogP contribution in [0.25, 0.3) is 0 Å². The number of allylic oxidation sites excluding steroid dienone is 1. The van der Waals surface area contributed by atoms with Crippen LogP contribution in [-0.2, 0) is 9.53 Å². The van der Waals surface area contributed by atoms with Crippen molar-refractivity contribution in [2.75, 3.05) is 6.61 Å². The van der Waals surface area contributed by atoms with E-state index in [1.54, 1.807) is 0 Å². The Kier molecular flexibility index (Phi) is 6.18. The Hall–Kier alpha value is -2.50. The van der Waals surface area contributed by atoms with Gasteiger partial charge in [-0.3, -0.25) is 0 Å². The molecule has 1 aromatic rings. The van der Waals surface area contributed by atoms with Gasteiger partial charge in [0.25, 0.3) is 0 Å². The standard InChI is InChI=1S/C12H12F3N3O5/c1-2-23-11(20)9(10(19)12(13,14)15)17-16-7-3-5-8(6-4-7)18(21)22/h3-6,18-19,21H,2H2,1H3. The van der Waals surface area contributed by atoms with Crippen LogP contribution in [0.2, 0.25) is 0 Å². The topological polar surface area (TPSA) is 119 Å². The first-order chi connectivity index (χ1) is 10.7. The molecule has 3 N–H and O–H groups in total. The van der Waals surface area contributed by atoms with E-state index in [2.05, 4.69) is 15.0 Å². The summed E-state index contributed by atoms with van der Waals surface area (Å²) in [5.41, 5.74) is -1.49. The Morgan fingerprint density at radius 3 is 2.35 bits per heavy atom. The van der Waals surface area contributed by atoms with Gasteiger partial charge in [0.1, 0.15) is 0 Å². The largest absolute Gasteiger partial charge is 0.595 e. The molecule has 0 aliphatic carbocycles. The summed E-state index contributed by atoms with van der Waals surface area (Å²) in [6.07, 6.45) is -5.20. The third-order valence-electron chi connectivity index (χ3n) is 2.34. The molecule has 0 aliphatic heterocycles. The molecule has 0 heterocycles. The maximum Gasteiger partial charge on any atom is 0.451 e. The minimum absolute atomic E-state index is 0.0215. The minimum atomic E-state index is -5.20. The summed E-state index contributed by atoms with van der Waals surface area (Å²) in [5.74, 6) is -3.73. The number of carbonyl (C=O) groups excluding carboxylic acids is 1. The van der Waals surface area contributed by atoms with Gasteiger partial charge in [-0.15, -0.1) is 5.11 Å². The highest BCUT2D eigenvalue weighted by molar-refractivity contribution is 5.88. The summed E-state index contributed by atoms with van der Waals surface area (Å²) < 4.78 is 41.8. The lowest BCUT2D eigenvalue weighted by Crippen LogP contribution is -2.99. The molecule has 8 nitrogen and oxygen atoms in total. The number of aliphatic hydroxyl groups excluding tert-OH is 1. The molecule has 1 rings (SSSR count). The van der Waals surface area contributed by atoms with Crippen molar-refractivity contribution in [3.8, 4) is 0 Å². The van der Waals surface area contributed by atoms with Crippen molar-refractivity contribution in [3.63, 3.8) is 0 Å². The fourth-order valence-electron chi connectivity index (χ4n) is 1.30. The molecule has 1 aromatic carbocycles. The van der Waals surface area contributed by atoms with Gasteiger partial charge >= 0.3 is 12.1 Å². The van der Waals surface area contributed by atoms with Crippen LogP contribution in [0.1, 0.15) is 6.92 Å².